The van der Waals surface area contributed by atoms with Crippen LogP contribution in [0.4, 0.5) is 0 Å². The molecule has 0 amide bonds. The van der Waals surface area contributed by atoms with E-state index in [2.05, 4.69) is 62.5 Å². The lowest BCUT2D eigenvalue weighted by Crippen LogP contribution is -2.60. The van der Waals surface area contributed by atoms with E-state index in [4.69, 9.17) is 18.9 Å². The minimum Gasteiger partial charge on any atom is -0.479 e. The Hall–Kier alpha value is -2.83. The first kappa shape index (κ1) is 54.2. The molecule has 0 aromatic heterocycles. The molecule has 340 valence electrons. The normalized spacial score (nSPS) is 20.3. The molecule has 0 aromatic rings. The van der Waals surface area contributed by atoms with Crippen molar-refractivity contribution in [2.45, 2.75) is 224 Å². The smallest absolute Gasteiger partial charge is 0.335 e. The lowest BCUT2D eigenvalue weighted by molar-refractivity contribution is -0.298. The van der Waals surface area contributed by atoms with E-state index < -0.39 is 61.3 Å². The van der Waals surface area contributed by atoms with E-state index in [-0.39, 0.29) is 19.4 Å². The van der Waals surface area contributed by atoms with Gasteiger partial charge in [-0.25, -0.2) is 4.79 Å². The fourth-order valence-electron chi connectivity index (χ4n) is 6.77. The number of esters is 2. The molecule has 1 aliphatic rings. The third-order valence-corrected chi connectivity index (χ3v) is 10.4. The first-order valence-electron chi connectivity index (χ1n) is 23.2. The molecule has 6 atom stereocenters. The Morgan fingerprint density at radius 3 is 1.53 bits per heavy atom. The fraction of sp³-hybridized carbons (Fsp3) is 0.771. The second kappa shape index (κ2) is 38.1. The van der Waals surface area contributed by atoms with E-state index in [0.717, 1.165) is 89.9 Å². The van der Waals surface area contributed by atoms with Crippen LogP contribution in [0.3, 0.4) is 0 Å². The van der Waals surface area contributed by atoms with Crippen molar-refractivity contribution in [2.24, 2.45) is 0 Å². The van der Waals surface area contributed by atoms with Crippen LogP contribution >= 0.6 is 0 Å². The van der Waals surface area contributed by atoms with Gasteiger partial charge in [-0.1, -0.05) is 152 Å². The number of aliphatic carboxylic acids is 1. The number of carboxylic acid groups (broad SMARTS) is 1. The molecule has 0 spiro atoms. The van der Waals surface area contributed by atoms with E-state index >= 15 is 0 Å². The highest BCUT2D eigenvalue weighted by Gasteiger charge is 2.47. The average Bonchev–Trinajstić information content (AvgIpc) is 3.22. The van der Waals surface area contributed by atoms with Gasteiger partial charge in [0.05, 0.1) is 6.61 Å². The zero-order chi connectivity index (χ0) is 43.2. The highest BCUT2D eigenvalue weighted by molar-refractivity contribution is 5.73. The van der Waals surface area contributed by atoms with E-state index in [0.29, 0.717) is 12.8 Å². The number of allylic oxidation sites excluding steroid dienone is 8. The summed E-state index contributed by atoms with van der Waals surface area (Å²) >= 11 is 0. The zero-order valence-electron chi connectivity index (χ0n) is 36.7. The highest BCUT2D eigenvalue weighted by atomic mass is 16.7. The molecule has 1 heterocycles. The summed E-state index contributed by atoms with van der Waals surface area (Å²) in [6.45, 7) is 3.69. The van der Waals surface area contributed by atoms with Gasteiger partial charge in [0, 0.05) is 12.8 Å². The second-order valence-electron chi connectivity index (χ2n) is 15.9. The maximum absolute atomic E-state index is 12.8. The third kappa shape index (κ3) is 29.9. The predicted molar refractivity (Wildman–Crippen MR) is 234 cm³/mol. The van der Waals surface area contributed by atoms with Crippen LogP contribution in [-0.4, -0.2) is 88.4 Å². The number of unbranched alkanes of at least 4 members (excludes halogenated alkanes) is 19. The van der Waals surface area contributed by atoms with Crippen molar-refractivity contribution >= 4 is 17.9 Å². The molecular formula is C48H82O11. The number of carboxylic acids is 1. The van der Waals surface area contributed by atoms with Gasteiger partial charge in [0.25, 0.3) is 0 Å². The van der Waals surface area contributed by atoms with E-state index in [1.807, 2.05) is 0 Å². The van der Waals surface area contributed by atoms with Gasteiger partial charge in [-0.05, 0) is 70.6 Å². The van der Waals surface area contributed by atoms with Crippen LogP contribution in [0.1, 0.15) is 187 Å². The standard InChI is InChI=1S/C48H82O11/c1-3-5-7-9-11-13-15-17-19-21-23-24-26-28-30-32-34-36-41(49)56-38-40(39-57-48-45(53)43(51)44(52)46(59-48)47(54)55)58-42(50)37-35-33-31-29-27-25-22-20-18-16-14-12-10-8-6-4-2/h5,7,11,13,17,19-20,22,40,43-46,48,51-53H,3-4,6,8-10,12,14-16,18,21,23-39H2,1-2H3,(H,54,55)/b7-5-,13-11-,19-17-,22-20-. The molecule has 1 fully saturated rings. The number of carbonyl (C=O) groups excluding carboxylic acids is 2. The van der Waals surface area contributed by atoms with Crippen LogP contribution in [0, 0.1) is 0 Å². The molecule has 1 rings (SSSR count). The molecule has 0 bridgehead atoms. The molecular weight excluding hydrogens is 753 g/mol. The van der Waals surface area contributed by atoms with Gasteiger partial charge >= 0.3 is 17.9 Å². The van der Waals surface area contributed by atoms with E-state index in [1.165, 1.54) is 57.8 Å². The van der Waals surface area contributed by atoms with Crippen molar-refractivity contribution < 1.29 is 53.8 Å². The van der Waals surface area contributed by atoms with Crippen LogP contribution in [0.2, 0.25) is 0 Å². The number of aliphatic hydroxyl groups is 3. The lowest BCUT2D eigenvalue weighted by atomic mass is 9.99. The molecule has 1 saturated heterocycles. The minimum absolute atomic E-state index is 0.170. The van der Waals surface area contributed by atoms with Gasteiger partial charge in [0.15, 0.2) is 18.5 Å². The Labute approximate surface area is 356 Å². The third-order valence-electron chi connectivity index (χ3n) is 10.4. The maximum Gasteiger partial charge on any atom is 0.335 e. The number of hydrogen-bond donors (Lipinski definition) is 4. The van der Waals surface area contributed by atoms with E-state index in [9.17, 15) is 34.8 Å². The Morgan fingerprint density at radius 2 is 1.00 bits per heavy atom. The van der Waals surface area contributed by atoms with Crippen molar-refractivity contribution in [2.75, 3.05) is 13.2 Å². The van der Waals surface area contributed by atoms with Gasteiger partial charge in [-0.2, -0.15) is 0 Å². The van der Waals surface area contributed by atoms with Crippen LogP contribution in [0.25, 0.3) is 0 Å². The first-order valence-corrected chi connectivity index (χ1v) is 23.2. The monoisotopic (exact) mass is 835 g/mol. The molecule has 1 aliphatic heterocycles. The molecule has 0 aromatic carbocycles. The summed E-state index contributed by atoms with van der Waals surface area (Å²) in [5.74, 6) is -2.47. The van der Waals surface area contributed by atoms with Gasteiger partial charge in [-0.15, -0.1) is 0 Å². The summed E-state index contributed by atoms with van der Waals surface area (Å²) in [5, 5.41) is 39.8. The van der Waals surface area contributed by atoms with Gasteiger partial charge < -0.3 is 39.4 Å². The molecule has 0 radical (unpaired) electrons. The number of carbonyl (C=O) groups is 3. The highest BCUT2D eigenvalue weighted by Crippen LogP contribution is 2.23. The van der Waals surface area contributed by atoms with Gasteiger partial charge in [-0.3, -0.25) is 9.59 Å². The largest absolute Gasteiger partial charge is 0.479 e. The molecule has 6 unspecified atom stereocenters. The first-order chi connectivity index (χ1) is 28.7. The van der Waals surface area contributed by atoms with Crippen molar-refractivity contribution in [3.05, 3.63) is 48.6 Å². The van der Waals surface area contributed by atoms with Crippen LogP contribution in [-0.2, 0) is 33.3 Å². The van der Waals surface area contributed by atoms with E-state index in [1.54, 1.807) is 0 Å². The molecule has 0 saturated carbocycles. The van der Waals surface area contributed by atoms with Crippen molar-refractivity contribution in [3.63, 3.8) is 0 Å². The molecule has 59 heavy (non-hydrogen) atoms. The maximum atomic E-state index is 12.8. The number of hydrogen-bond acceptors (Lipinski definition) is 10. The predicted octanol–water partition coefficient (Wildman–Crippen LogP) is 10.1. The van der Waals surface area contributed by atoms with Crippen molar-refractivity contribution in [1.29, 1.82) is 0 Å². The lowest BCUT2D eigenvalue weighted by Gasteiger charge is -2.38. The number of ether oxygens (including phenoxy) is 4. The zero-order valence-corrected chi connectivity index (χ0v) is 36.7. The topological polar surface area (TPSA) is 169 Å². The summed E-state index contributed by atoms with van der Waals surface area (Å²) in [7, 11) is 0. The summed E-state index contributed by atoms with van der Waals surface area (Å²) in [6, 6.07) is 0. The summed E-state index contributed by atoms with van der Waals surface area (Å²) in [6.07, 6.45) is 35.8. The SMILES string of the molecule is CC/C=C\C/C=C\C/C=C\CCCCCCCCCC(=O)OCC(COC1OC(C(=O)O)C(O)C(O)C1O)OC(=O)CCCCCCC/C=C\CCCCCCCCC. The quantitative estimate of drug-likeness (QED) is 0.0265. The minimum atomic E-state index is -1.86. The van der Waals surface area contributed by atoms with Crippen molar-refractivity contribution in [3.8, 4) is 0 Å². The second-order valence-corrected chi connectivity index (χ2v) is 15.9. The van der Waals surface area contributed by atoms with Crippen LogP contribution in [0.5, 0.6) is 0 Å². The molecule has 11 heteroatoms. The Bertz CT molecular complexity index is 1170. The Morgan fingerprint density at radius 1 is 0.542 bits per heavy atom. The Kier molecular flexibility index (Phi) is 35.0. The van der Waals surface area contributed by atoms with Gasteiger partial charge in [0.2, 0.25) is 0 Å². The number of aliphatic hydroxyl groups excluding tert-OH is 3. The number of rotatable bonds is 38. The van der Waals surface area contributed by atoms with Crippen molar-refractivity contribution in [1.82, 2.24) is 0 Å². The Balaban J connectivity index is 2.37. The summed E-state index contributed by atoms with van der Waals surface area (Å²) in [4.78, 5) is 36.9. The summed E-state index contributed by atoms with van der Waals surface area (Å²) in [5.41, 5.74) is 0. The molecule has 0 aliphatic carbocycles. The van der Waals surface area contributed by atoms with Gasteiger partial charge in [0.1, 0.15) is 24.9 Å². The summed E-state index contributed by atoms with van der Waals surface area (Å²) < 4.78 is 21.7. The fourth-order valence-corrected chi connectivity index (χ4v) is 6.77. The van der Waals surface area contributed by atoms with Crippen LogP contribution < -0.4 is 0 Å². The molecule has 4 N–H and O–H groups in total. The average molecular weight is 835 g/mol. The molecule has 11 nitrogen and oxygen atoms in total. The van der Waals surface area contributed by atoms with Crippen LogP contribution in [0.15, 0.2) is 48.6 Å².